The molecule has 0 spiro atoms. The van der Waals surface area contributed by atoms with Gasteiger partial charge in [0, 0.05) is 43.3 Å². The van der Waals surface area contributed by atoms with Crippen molar-refractivity contribution < 1.29 is 53.3 Å². The predicted octanol–water partition coefficient (Wildman–Crippen LogP) is -2.26. The number of carboxylic acids is 1. The molecule has 0 aromatic heterocycles. The molecular formula is C19H23F2N4NaO3. The van der Waals surface area contributed by atoms with Gasteiger partial charge >= 0.3 is 29.6 Å². The number of nitrogens with two attached hydrogens (primary N) is 1. The van der Waals surface area contributed by atoms with Crippen molar-refractivity contribution >= 4 is 28.8 Å². The summed E-state index contributed by atoms with van der Waals surface area (Å²) in [5, 5.41) is 25.2. The first-order valence-electron chi connectivity index (χ1n) is 9.42. The third-order valence-electron chi connectivity index (χ3n) is 5.61. The standard InChI is InChI=1S/C19H24F2N4O3.Na/c1-8-5-24(6-9(2)23-8)17-13(20)15(22)12-16(14(17)21)25(10-3-4-10)7-11(18(12)26)19(27)28;/h8-10,23,26H,3-7,22H2,1-2H3,(H,27,28);/q;+1/p-1/t8-,9+;. The molecule has 3 aliphatic rings. The second kappa shape index (κ2) is 7.94. The second-order valence-electron chi connectivity index (χ2n) is 7.96. The molecule has 0 amide bonds. The maximum absolute atomic E-state index is 15.7. The normalized spacial score (nSPS) is 24.3. The molecule has 1 aromatic carbocycles. The van der Waals surface area contributed by atoms with E-state index in [1.54, 1.807) is 9.80 Å². The van der Waals surface area contributed by atoms with Crippen LogP contribution in [0.15, 0.2) is 5.57 Å². The van der Waals surface area contributed by atoms with E-state index in [0.29, 0.717) is 13.1 Å². The van der Waals surface area contributed by atoms with Crippen LogP contribution >= 0.6 is 0 Å². The van der Waals surface area contributed by atoms with Gasteiger partial charge in [0.1, 0.15) is 11.4 Å². The Morgan fingerprint density at radius 1 is 1.17 bits per heavy atom. The number of carbonyl (C=O) groups excluding carboxylic acids is 1. The molecule has 2 atom stereocenters. The molecule has 4 rings (SSSR count). The van der Waals surface area contributed by atoms with Crippen LogP contribution in [-0.4, -0.2) is 48.8 Å². The Morgan fingerprint density at radius 2 is 1.76 bits per heavy atom. The number of rotatable bonds is 3. The monoisotopic (exact) mass is 416 g/mol. The number of carboxylic acid groups (broad SMARTS) is 1. The molecule has 2 aliphatic heterocycles. The van der Waals surface area contributed by atoms with Crippen LogP contribution in [0.4, 0.5) is 25.8 Å². The molecular weight excluding hydrogens is 393 g/mol. The van der Waals surface area contributed by atoms with Crippen LogP contribution in [0.3, 0.4) is 0 Å². The zero-order chi connectivity index (χ0) is 20.3. The molecule has 1 saturated heterocycles. The number of aliphatic carboxylic acids is 1. The summed E-state index contributed by atoms with van der Waals surface area (Å²) in [7, 11) is 0. The molecule has 1 aromatic rings. The van der Waals surface area contributed by atoms with E-state index in [2.05, 4.69) is 5.32 Å². The van der Waals surface area contributed by atoms with Gasteiger partial charge in [0.15, 0.2) is 11.6 Å². The van der Waals surface area contributed by atoms with E-state index >= 15 is 8.78 Å². The SMILES string of the molecule is C[C@@H]1CN(c2c(F)c(N)c3c(c2F)N(C2CC2)CC(C(=O)[O-])=C3O)C[C@H](C)N1.[Na+]. The minimum Gasteiger partial charge on any atom is -0.545 e. The van der Waals surface area contributed by atoms with Gasteiger partial charge in [0.25, 0.3) is 0 Å². The third-order valence-corrected chi connectivity index (χ3v) is 5.61. The van der Waals surface area contributed by atoms with Gasteiger partial charge in [-0.1, -0.05) is 0 Å². The minimum atomic E-state index is -1.58. The average Bonchev–Trinajstić information content (AvgIpc) is 3.43. The van der Waals surface area contributed by atoms with E-state index in [9.17, 15) is 15.0 Å². The van der Waals surface area contributed by atoms with Crippen molar-refractivity contribution in [2.75, 3.05) is 35.2 Å². The quantitative estimate of drug-likeness (QED) is 0.377. The zero-order valence-electron chi connectivity index (χ0n) is 16.8. The number of anilines is 3. The maximum atomic E-state index is 15.7. The minimum absolute atomic E-state index is 0. The third kappa shape index (κ3) is 3.69. The van der Waals surface area contributed by atoms with Gasteiger partial charge in [-0.2, -0.15) is 0 Å². The Hall–Kier alpha value is -1.55. The number of piperazine rings is 1. The maximum Gasteiger partial charge on any atom is 1.00 e. The van der Waals surface area contributed by atoms with E-state index in [1.807, 2.05) is 13.8 Å². The first-order valence-corrected chi connectivity index (χ1v) is 9.42. The van der Waals surface area contributed by atoms with E-state index < -0.39 is 34.6 Å². The summed E-state index contributed by atoms with van der Waals surface area (Å²) in [4.78, 5) is 14.6. The number of hydrogen-bond donors (Lipinski definition) is 3. The molecule has 0 radical (unpaired) electrons. The van der Waals surface area contributed by atoms with Crippen LogP contribution in [0.25, 0.3) is 5.76 Å². The number of nitrogen functional groups attached to an aromatic ring is 1. The van der Waals surface area contributed by atoms with Crippen molar-refractivity contribution in [2.45, 2.75) is 44.8 Å². The number of hydrogen-bond acceptors (Lipinski definition) is 7. The molecule has 1 aliphatic carbocycles. The van der Waals surface area contributed by atoms with Crippen molar-refractivity contribution in [1.82, 2.24) is 5.32 Å². The van der Waals surface area contributed by atoms with E-state index in [1.165, 1.54) is 0 Å². The van der Waals surface area contributed by atoms with Gasteiger partial charge in [-0.3, -0.25) is 0 Å². The molecule has 152 valence electrons. The number of nitrogens with zero attached hydrogens (tertiary/aromatic N) is 2. The summed E-state index contributed by atoms with van der Waals surface area (Å²) in [5.41, 5.74) is 4.54. The van der Waals surface area contributed by atoms with Crippen LogP contribution in [0.1, 0.15) is 32.3 Å². The van der Waals surface area contributed by atoms with Crippen LogP contribution < -0.4 is 55.5 Å². The number of nitrogens with one attached hydrogen (secondary N) is 1. The summed E-state index contributed by atoms with van der Waals surface area (Å²) in [6.07, 6.45) is 1.52. The van der Waals surface area contributed by atoms with Gasteiger partial charge in [0.05, 0.1) is 22.9 Å². The van der Waals surface area contributed by atoms with Gasteiger partial charge in [-0.25, -0.2) is 8.78 Å². The van der Waals surface area contributed by atoms with Crippen molar-refractivity contribution in [3.05, 3.63) is 22.8 Å². The predicted molar refractivity (Wildman–Crippen MR) is 100.0 cm³/mol. The van der Waals surface area contributed by atoms with Gasteiger partial charge in [0.2, 0.25) is 0 Å². The zero-order valence-corrected chi connectivity index (χ0v) is 18.8. The van der Waals surface area contributed by atoms with Crippen LogP contribution in [-0.2, 0) is 4.79 Å². The molecule has 29 heavy (non-hydrogen) atoms. The topological polar surface area (TPSA) is 105 Å². The molecule has 2 heterocycles. The molecule has 0 bridgehead atoms. The Morgan fingerprint density at radius 3 is 2.28 bits per heavy atom. The first-order chi connectivity index (χ1) is 13.2. The van der Waals surface area contributed by atoms with Crippen molar-refractivity contribution in [2.24, 2.45) is 0 Å². The smallest absolute Gasteiger partial charge is 0.545 e. The number of aliphatic hydroxyl groups excluding tert-OH is 1. The van der Waals surface area contributed by atoms with Crippen molar-refractivity contribution in [3.63, 3.8) is 0 Å². The van der Waals surface area contributed by atoms with Gasteiger partial charge < -0.3 is 35.9 Å². The van der Waals surface area contributed by atoms with Gasteiger partial charge in [-0.05, 0) is 26.7 Å². The number of carbonyl (C=O) groups is 1. The summed E-state index contributed by atoms with van der Waals surface area (Å²) in [5.74, 6) is -4.11. The fourth-order valence-electron chi connectivity index (χ4n) is 4.31. The first kappa shape index (κ1) is 22.1. The largest absolute Gasteiger partial charge is 1.00 e. The Kier molecular flexibility index (Phi) is 6.06. The second-order valence-corrected chi connectivity index (χ2v) is 7.96. The summed E-state index contributed by atoms with van der Waals surface area (Å²) >= 11 is 0. The number of halogens is 2. The Labute approximate surface area is 189 Å². The summed E-state index contributed by atoms with van der Waals surface area (Å²) in [6, 6.07) is -0.0241. The number of aliphatic hydroxyl groups is 1. The molecule has 7 nitrogen and oxygen atoms in total. The Bertz CT molecular complexity index is 881. The van der Waals surface area contributed by atoms with Crippen LogP contribution in [0, 0.1) is 11.6 Å². The van der Waals surface area contributed by atoms with Crippen LogP contribution in [0.2, 0.25) is 0 Å². The fourth-order valence-corrected chi connectivity index (χ4v) is 4.31. The average molecular weight is 416 g/mol. The number of fused-ring (bicyclic) bond motifs is 1. The number of benzene rings is 1. The van der Waals surface area contributed by atoms with E-state index in [4.69, 9.17) is 5.73 Å². The van der Waals surface area contributed by atoms with Gasteiger partial charge in [-0.15, -0.1) is 0 Å². The molecule has 2 fully saturated rings. The molecule has 0 unspecified atom stereocenters. The molecule has 1 saturated carbocycles. The van der Waals surface area contributed by atoms with E-state index in [0.717, 1.165) is 12.8 Å². The van der Waals surface area contributed by atoms with Crippen LogP contribution in [0.5, 0.6) is 0 Å². The fraction of sp³-hybridized carbons (Fsp3) is 0.526. The summed E-state index contributed by atoms with van der Waals surface area (Å²) < 4.78 is 30.9. The summed E-state index contributed by atoms with van der Waals surface area (Å²) in [6.45, 7) is 4.44. The Balaban J connectivity index is 0.00000240. The molecule has 4 N–H and O–H groups in total. The van der Waals surface area contributed by atoms with Crippen molar-refractivity contribution in [1.29, 1.82) is 0 Å². The molecule has 10 heteroatoms. The van der Waals surface area contributed by atoms with Crippen molar-refractivity contribution in [3.8, 4) is 0 Å². The van der Waals surface area contributed by atoms with E-state index in [-0.39, 0.29) is 71.2 Å².